The van der Waals surface area contributed by atoms with Crippen molar-refractivity contribution in [1.29, 1.82) is 0 Å². The van der Waals surface area contributed by atoms with Crippen LogP contribution in [-0.2, 0) is 6.42 Å². The van der Waals surface area contributed by atoms with Crippen molar-refractivity contribution >= 4 is 17.3 Å². The molecule has 2 rings (SSSR count). The largest absolute Gasteiger partial charge is 0.390 e. The van der Waals surface area contributed by atoms with E-state index in [1.54, 1.807) is 0 Å². The van der Waals surface area contributed by atoms with Gasteiger partial charge in [-0.05, 0) is 24.5 Å². The van der Waals surface area contributed by atoms with Crippen LogP contribution >= 0.6 is 11.6 Å². The maximum Gasteiger partial charge on any atom is 0.0850 e. The molecule has 15 heavy (non-hydrogen) atoms. The maximum absolute atomic E-state index is 9.56. The molecule has 1 aliphatic heterocycles. The number of hydrogen-bond acceptors (Lipinski definition) is 2. The third-order valence-corrected chi connectivity index (χ3v) is 3.17. The van der Waals surface area contributed by atoms with Crippen molar-refractivity contribution in [3.8, 4) is 0 Å². The van der Waals surface area contributed by atoms with Crippen LogP contribution in [0.5, 0.6) is 0 Å². The van der Waals surface area contributed by atoms with Gasteiger partial charge in [0.2, 0.25) is 0 Å². The van der Waals surface area contributed by atoms with E-state index in [4.69, 9.17) is 11.6 Å². The first kappa shape index (κ1) is 10.8. The molecule has 0 aromatic heterocycles. The normalized spacial score (nSPS) is 17.3. The van der Waals surface area contributed by atoms with Crippen LogP contribution in [0.25, 0.3) is 0 Å². The summed E-state index contributed by atoms with van der Waals surface area (Å²) in [5.41, 5.74) is 2.64. The van der Waals surface area contributed by atoms with Crippen LogP contribution in [0.15, 0.2) is 24.3 Å². The Kier molecular flexibility index (Phi) is 3.49. The molecule has 2 nitrogen and oxygen atoms in total. The van der Waals surface area contributed by atoms with Crippen molar-refractivity contribution < 1.29 is 5.11 Å². The van der Waals surface area contributed by atoms with Gasteiger partial charge in [0.05, 0.1) is 12.0 Å². The Bertz CT molecular complexity index is 329. The zero-order valence-corrected chi connectivity index (χ0v) is 9.45. The number of hydrogen-bond donors (Lipinski definition) is 1. The Hall–Kier alpha value is -0.730. The fourth-order valence-electron chi connectivity index (χ4n) is 2.10. The number of halogens is 1. The molecular formula is C12H16ClNO. The Labute approximate surface area is 95.5 Å². The van der Waals surface area contributed by atoms with Gasteiger partial charge in [0.1, 0.15) is 0 Å². The summed E-state index contributed by atoms with van der Waals surface area (Å²) in [6.45, 7) is 1.66. The van der Waals surface area contributed by atoms with Crippen LogP contribution < -0.4 is 4.90 Å². The van der Waals surface area contributed by atoms with Gasteiger partial charge in [0.25, 0.3) is 0 Å². The van der Waals surface area contributed by atoms with E-state index >= 15 is 0 Å². The molecule has 1 heterocycles. The SMILES string of the molecule is OC(CCl)CN1CCCc2ccccc21. The molecule has 1 aromatic carbocycles. The molecule has 0 saturated heterocycles. The summed E-state index contributed by atoms with van der Waals surface area (Å²) in [6, 6.07) is 8.40. The van der Waals surface area contributed by atoms with Crippen molar-refractivity contribution in [3.05, 3.63) is 29.8 Å². The smallest absolute Gasteiger partial charge is 0.0850 e. The summed E-state index contributed by atoms with van der Waals surface area (Å²) < 4.78 is 0. The molecule has 3 heteroatoms. The van der Waals surface area contributed by atoms with Crippen LogP contribution in [0.4, 0.5) is 5.69 Å². The Balaban J connectivity index is 2.15. The molecule has 0 aliphatic carbocycles. The van der Waals surface area contributed by atoms with Crippen LogP contribution in [0.2, 0.25) is 0 Å². The van der Waals surface area contributed by atoms with E-state index in [0.29, 0.717) is 12.4 Å². The Morgan fingerprint density at radius 1 is 1.40 bits per heavy atom. The third kappa shape index (κ3) is 2.44. The molecule has 82 valence electrons. The molecule has 0 radical (unpaired) electrons. The molecule has 0 fully saturated rings. The standard InChI is InChI=1S/C12H16ClNO/c13-8-11(15)9-14-7-3-5-10-4-1-2-6-12(10)14/h1-2,4,6,11,15H,3,5,7-9H2. The van der Waals surface area contributed by atoms with Gasteiger partial charge in [0.15, 0.2) is 0 Å². The van der Waals surface area contributed by atoms with Crippen molar-refractivity contribution in [3.63, 3.8) is 0 Å². The predicted octanol–water partition coefficient (Wildman–Crippen LogP) is 2.04. The molecule has 1 atom stereocenters. The second-order valence-electron chi connectivity index (χ2n) is 3.99. The predicted molar refractivity (Wildman–Crippen MR) is 63.7 cm³/mol. The highest BCUT2D eigenvalue weighted by molar-refractivity contribution is 6.18. The van der Waals surface area contributed by atoms with Crippen molar-refractivity contribution in [2.75, 3.05) is 23.9 Å². The van der Waals surface area contributed by atoms with E-state index in [1.807, 2.05) is 6.07 Å². The summed E-state index contributed by atoms with van der Waals surface area (Å²) in [4.78, 5) is 2.23. The lowest BCUT2D eigenvalue weighted by Crippen LogP contribution is -2.36. The molecule has 1 aromatic rings. The van der Waals surface area contributed by atoms with Crippen LogP contribution in [-0.4, -0.2) is 30.2 Å². The number of aliphatic hydroxyl groups is 1. The number of benzene rings is 1. The number of rotatable bonds is 3. The van der Waals surface area contributed by atoms with Crippen molar-refractivity contribution in [2.24, 2.45) is 0 Å². The lowest BCUT2D eigenvalue weighted by atomic mass is 10.0. The molecule has 0 amide bonds. The fourth-order valence-corrected chi connectivity index (χ4v) is 2.20. The zero-order chi connectivity index (χ0) is 10.7. The second-order valence-corrected chi connectivity index (χ2v) is 4.30. The Morgan fingerprint density at radius 2 is 2.20 bits per heavy atom. The molecule has 0 spiro atoms. The maximum atomic E-state index is 9.56. The van der Waals surface area contributed by atoms with Crippen molar-refractivity contribution in [2.45, 2.75) is 18.9 Å². The highest BCUT2D eigenvalue weighted by atomic mass is 35.5. The van der Waals surface area contributed by atoms with E-state index in [-0.39, 0.29) is 0 Å². The van der Waals surface area contributed by atoms with Gasteiger partial charge in [-0.15, -0.1) is 11.6 Å². The fraction of sp³-hybridized carbons (Fsp3) is 0.500. The lowest BCUT2D eigenvalue weighted by Gasteiger charge is -2.32. The quantitative estimate of drug-likeness (QED) is 0.796. The number of aryl methyl sites for hydroxylation is 1. The molecule has 1 N–H and O–H groups in total. The monoisotopic (exact) mass is 225 g/mol. The first-order valence-electron chi connectivity index (χ1n) is 5.38. The summed E-state index contributed by atoms with van der Waals surface area (Å²) in [7, 11) is 0. The summed E-state index contributed by atoms with van der Waals surface area (Å²) in [5.74, 6) is 0.304. The minimum atomic E-state index is -0.433. The number of para-hydroxylation sites is 1. The number of nitrogens with zero attached hydrogens (tertiary/aromatic N) is 1. The summed E-state index contributed by atoms with van der Waals surface area (Å²) >= 11 is 5.62. The summed E-state index contributed by atoms with van der Waals surface area (Å²) in [6.07, 6.45) is 1.87. The third-order valence-electron chi connectivity index (χ3n) is 2.82. The van der Waals surface area contributed by atoms with Gasteiger partial charge in [0, 0.05) is 18.8 Å². The molecule has 0 bridgehead atoms. The van der Waals surface area contributed by atoms with E-state index in [0.717, 1.165) is 19.4 Å². The van der Waals surface area contributed by atoms with Crippen LogP contribution in [0, 0.1) is 0 Å². The first-order valence-corrected chi connectivity index (χ1v) is 5.91. The molecular weight excluding hydrogens is 210 g/mol. The number of fused-ring (bicyclic) bond motifs is 1. The van der Waals surface area contributed by atoms with Crippen LogP contribution in [0.1, 0.15) is 12.0 Å². The minimum absolute atomic E-state index is 0.304. The highest BCUT2D eigenvalue weighted by Crippen LogP contribution is 2.26. The van der Waals surface area contributed by atoms with E-state index in [1.165, 1.54) is 11.3 Å². The van der Waals surface area contributed by atoms with Crippen molar-refractivity contribution in [1.82, 2.24) is 0 Å². The number of alkyl halides is 1. The molecule has 1 unspecified atom stereocenters. The van der Waals surface area contributed by atoms with Crippen LogP contribution in [0.3, 0.4) is 0 Å². The number of aliphatic hydroxyl groups excluding tert-OH is 1. The molecule has 0 saturated carbocycles. The number of β-amino-alcohol motifs (C(OH)–C–C–N with tert-alkyl or cyclic N) is 1. The topological polar surface area (TPSA) is 23.5 Å². The highest BCUT2D eigenvalue weighted by Gasteiger charge is 2.18. The second kappa shape index (κ2) is 4.86. The van der Waals surface area contributed by atoms with E-state index in [2.05, 4.69) is 23.1 Å². The average molecular weight is 226 g/mol. The lowest BCUT2D eigenvalue weighted by molar-refractivity contribution is 0.202. The first-order chi connectivity index (χ1) is 7.31. The average Bonchev–Trinajstić information content (AvgIpc) is 2.29. The van der Waals surface area contributed by atoms with Gasteiger partial charge in [-0.25, -0.2) is 0 Å². The van der Waals surface area contributed by atoms with E-state index < -0.39 is 6.10 Å². The van der Waals surface area contributed by atoms with E-state index in [9.17, 15) is 5.11 Å². The van der Waals surface area contributed by atoms with Gasteiger partial charge in [-0.3, -0.25) is 0 Å². The minimum Gasteiger partial charge on any atom is -0.390 e. The molecule has 1 aliphatic rings. The van der Waals surface area contributed by atoms with Gasteiger partial charge < -0.3 is 10.0 Å². The van der Waals surface area contributed by atoms with Gasteiger partial charge >= 0.3 is 0 Å². The number of anilines is 1. The zero-order valence-electron chi connectivity index (χ0n) is 8.69. The summed E-state index contributed by atoms with van der Waals surface area (Å²) in [5, 5.41) is 9.56. The van der Waals surface area contributed by atoms with Gasteiger partial charge in [-0.2, -0.15) is 0 Å². The Morgan fingerprint density at radius 3 is 3.00 bits per heavy atom. The van der Waals surface area contributed by atoms with Gasteiger partial charge in [-0.1, -0.05) is 18.2 Å².